The van der Waals surface area contributed by atoms with Crippen LogP contribution in [0.4, 0.5) is 15.8 Å². The fourth-order valence-electron chi connectivity index (χ4n) is 14.4. The minimum atomic E-state index is -0.228. The quantitative estimate of drug-likeness (QED) is 0.0566. The van der Waals surface area contributed by atoms with Gasteiger partial charge in [0.15, 0.2) is 25.8 Å². The van der Waals surface area contributed by atoms with Gasteiger partial charge in [-0.2, -0.15) is 25.5 Å². The summed E-state index contributed by atoms with van der Waals surface area (Å²) >= 11 is 22.1. The number of nitrogens with zero attached hydrogens (tertiary/aromatic N) is 15. The Morgan fingerprint density at radius 1 is 0.295 bits per heavy atom. The summed E-state index contributed by atoms with van der Waals surface area (Å²) in [5.41, 5.74) is 27.3. The molecule has 0 unspecified atom stereocenters. The molecule has 0 aliphatic rings. The van der Waals surface area contributed by atoms with E-state index in [4.69, 9.17) is 34.4 Å². The van der Waals surface area contributed by atoms with Crippen LogP contribution in [-0.4, -0.2) is 130 Å². The van der Waals surface area contributed by atoms with Crippen LogP contribution in [0, 0.1) is 5.82 Å². The molecule has 2 N–H and O–H groups in total. The highest BCUT2D eigenvalue weighted by atomic mass is 79.9. The Balaban J connectivity index is 0.000000120. The van der Waals surface area contributed by atoms with E-state index in [1.54, 1.807) is 116 Å². The molecule has 0 aliphatic heterocycles. The van der Waals surface area contributed by atoms with E-state index in [9.17, 15) is 14.0 Å². The Hall–Kier alpha value is -12.6. The molecule has 0 radical (unpaired) electrons. The zero-order valence-corrected chi connectivity index (χ0v) is 82.6. The van der Waals surface area contributed by atoms with Gasteiger partial charge in [0, 0.05) is 53.0 Å². The van der Waals surface area contributed by atoms with Gasteiger partial charge in [-0.15, -0.1) is 0 Å². The number of fused-ring (bicyclic) bond motifs is 5. The van der Waals surface area contributed by atoms with Crippen molar-refractivity contribution in [2.75, 3.05) is 56.1 Å². The molecule has 0 spiro atoms. The number of carbonyl (C=O) groups excluding carboxylic acids is 2. The summed E-state index contributed by atoms with van der Waals surface area (Å²) in [6.45, 7) is 3.02. The zero-order chi connectivity index (χ0) is 92.1. The van der Waals surface area contributed by atoms with E-state index in [2.05, 4.69) is 227 Å². The van der Waals surface area contributed by atoms with E-state index in [0.29, 0.717) is 0 Å². The topological polar surface area (TPSA) is 228 Å². The first-order chi connectivity index (χ1) is 64.2. The Labute approximate surface area is 815 Å². The number of rotatable bonds is 19. The molecular weight excluding hydrogens is 2010 g/mol. The van der Waals surface area contributed by atoms with E-state index >= 15 is 0 Å². The highest BCUT2D eigenvalue weighted by Gasteiger charge is 2.19. The van der Waals surface area contributed by atoms with E-state index in [1.807, 2.05) is 181 Å². The third kappa shape index (κ3) is 21.6. The molecule has 2 amide bonds. The summed E-state index contributed by atoms with van der Waals surface area (Å²) in [4.78, 5) is 46.2. The predicted octanol–water partition coefficient (Wildman–Crippen LogP) is 27.0. The summed E-state index contributed by atoms with van der Waals surface area (Å²) in [5, 5.41) is 31.6. The molecule has 10 aromatic carbocycles. The lowest BCUT2D eigenvalue weighted by atomic mass is 10.0. The predicted molar refractivity (Wildman–Crippen MR) is 551 cm³/mol. The summed E-state index contributed by atoms with van der Waals surface area (Å²) in [6.07, 6.45) is 18.9. The van der Waals surface area contributed by atoms with Crippen molar-refractivity contribution in [3.63, 3.8) is 0 Å². The molecule has 0 bridgehead atoms. The van der Waals surface area contributed by atoms with Gasteiger partial charge in [0.05, 0.1) is 119 Å². The van der Waals surface area contributed by atoms with Crippen LogP contribution in [0.1, 0.15) is 13.8 Å². The standard InChI is InChI=1S/C21H17BrN4OS.C21H18N4OS.2C20H16BrN3OS.C19H13BrFN3S/c1-13(27)24-17-5-3-4-16(10-17)14-6-8-15(9-7-14)19-11-20-18(22)12-23-26(20)21(25-19)28-2;1-14(26)23-18-5-3-4-17(12-18)15-6-8-16(9-7-15)20-13-19-10-11-22-25(19)21(24-20)27-2;1-25-16-9-7-14(8-10-16)13-3-5-15(6-4-13)18-11-19-17(21)12-22-24(19)20(23-18)26-2;1-25-16-5-3-4-15(10-16)13-6-8-14(9-7-13)18-11-19-17(21)12-22-24(19)20(23-18)26-2;1-25-19-23-17(10-18-16(20)11-22-24(18)19)14-4-2-12(3-5-14)13-6-8-15(21)9-7-13/h3-12H,1-2H3,(H,24,27);3-13H,1-2H3,(H,23,26);2*3-12H,1-2H3;2-11H,1H3. The van der Waals surface area contributed by atoms with Crippen molar-refractivity contribution in [2.45, 2.75) is 39.6 Å². The molecule has 31 heteroatoms. The van der Waals surface area contributed by atoms with Gasteiger partial charge in [-0.3, -0.25) is 9.59 Å². The van der Waals surface area contributed by atoms with Crippen molar-refractivity contribution in [3.05, 3.63) is 334 Å². The first kappa shape index (κ1) is 92.7. The number of nitrogens with one attached hydrogen (secondary N) is 2. The van der Waals surface area contributed by atoms with Crippen LogP contribution in [0.15, 0.2) is 354 Å². The third-order valence-electron chi connectivity index (χ3n) is 20.9. The van der Waals surface area contributed by atoms with E-state index in [0.717, 1.165) is 206 Å². The number of aromatic nitrogens is 15. The van der Waals surface area contributed by atoms with Crippen molar-refractivity contribution in [1.29, 1.82) is 0 Å². The molecule has 0 atom stereocenters. The van der Waals surface area contributed by atoms with Crippen LogP contribution in [0.3, 0.4) is 0 Å². The van der Waals surface area contributed by atoms with Crippen molar-refractivity contribution in [1.82, 2.24) is 73.0 Å². The fraction of sp³-hybridized carbons (Fsp3) is 0.0891. The number of benzene rings is 10. The average Bonchev–Trinajstić information content (AvgIpc) is 1.58. The molecule has 658 valence electrons. The molecule has 21 nitrogen and oxygen atoms in total. The number of anilines is 2. The molecule has 0 saturated heterocycles. The smallest absolute Gasteiger partial charge is 0.221 e. The van der Waals surface area contributed by atoms with Crippen LogP contribution >= 0.6 is 123 Å². The third-order valence-corrected chi connectivity index (χ3v) is 26.5. The van der Waals surface area contributed by atoms with Gasteiger partial charge >= 0.3 is 0 Å². The molecule has 0 saturated carbocycles. The first-order valence-electron chi connectivity index (χ1n) is 40.8. The van der Waals surface area contributed by atoms with Crippen LogP contribution in [-0.2, 0) is 9.59 Å². The lowest BCUT2D eigenvalue weighted by Gasteiger charge is -2.09. The van der Waals surface area contributed by atoms with Gasteiger partial charge in [-0.25, -0.2) is 51.9 Å². The maximum atomic E-state index is 13.1. The average molecular weight is 2090 g/mol. The van der Waals surface area contributed by atoms with Crippen molar-refractivity contribution >= 4 is 173 Å². The minimum Gasteiger partial charge on any atom is -0.497 e. The summed E-state index contributed by atoms with van der Waals surface area (Å²) in [6, 6.07) is 92.0. The lowest BCUT2D eigenvalue weighted by Crippen LogP contribution is -2.05. The van der Waals surface area contributed by atoms with Crippen LogP contribution in [0.25, 0.3) is 140 Å². The normalized spacial score (nSPS) is 11.0. The highest BCUT2D eigenvalue weighted by molar-refractivity contribution is 9.11. The Kier molecular flexibility index (Phi) is 30.0. The Bertz CT molecular complexity index is 7540. The maximum Gasteiger partial charge on any atom is 0.221 e. The fourth-order valence-corrected chi connectivity index (χ4v) is 18.4. The van der Waals surface area contributed by atoms with Crippen molar-refractivity contribution in [2.24, 2.45) is 0 Å². The van der Waals surface area contributed by atoms with Gasteiger partial charge in [0.25, 0.3) is 0 Å². The summed E-state index contributed by atoms with van der Waals surface area (Å²) in [7, 11) is 3.36. The van der Waals surface area contributed by atoms with Gasteiger partial charge in [0.1, 0.15) is 17.3 Å². The monoisotopic (exact) mass is 2090 g/mol. The zero-order valence-electron chi connectivity index (χ0n) is 72.2. The van der Waals surface area contributed by atoms with E-state index in [-0.39, 0.29) is 17.6 Å². The minimum absolute atomic E-state index is 0.0755. The number of halogens is 5. The number of ether oxygens (including phenoxy) is 2. The Morgan fingerprint density at radius 3 is 0.864 bits per heavy atom. The van der Waals surface area contributed by atoms with Crippen LogP contribution in [0.5, 0.6) is 11.5 Å². The Morgan fingerprint density at radius 2 is 0.561 bits per heavy atom. The van der Waals surface area contributed by atoms with Crippen LogP contribution < -0.4 is 20.1 Å². The second-order valence-corrected chi connectivity index (χ2v) is 36.6. The molecule has 20 aromatic rings. The number of amides is 2. The largest absolute Gasteiger partial charge is 0.497 e. The highest BCUT2D eigenvalue weighted by Crippen LogP contribution is 2.38. The number of methoxy groups -OCH3 is 2. The molecule has 132 heavy (non-hydrogen) atoms. The lowest BCUT2D eigenvalue weighted by molar-refractivity contribution is -0.115. The van der Waals surface area contributed by atoms with Gasteiger partial charge in [-0.1, -0.05) is 241 Å². The van der Waals surface area contributed by atoms with E-state index < -0.39 is 0 Å². The molecule has 0 fully saturated rings. The van der Waals surface area contributed by atoms with Crippen molar-refractivity contribution < 1.29 is 23.5 Å². The van der Waals surface area contributed by atoms with E-state index in [1.165, 1.54) is 26.0 Å². The van der Waals surface area contributed by atoms with Gasteiger partial charge < -0.3 is 20.1 Å². The van der Waals surface area contributed by atoms with Gasteiger partial charge in [-0.05, 0) is 248 Å². The number of thioether (sulfide) groups is 5. The SMILES string of the molecule is COc1ccc(-c2ccc(-c3cc4c(Br)cnn4c(SC)n3)cc2)cc1.COc1cccc(-c2ccc(-c3cc4c(Br)cnn4c(SC)n3)cc2)c1.CSc1nc(-c2ccc(-c3ccc(F)cc3)cc2)cc2c(Br)cnn12.CSc1nc(-c2ccc(-c3cccc(NC(C)=O)c3)cc2)cc2c(Br)cnn12.CSc1nc(-c2ccc(-c3cccc(NC(C)=O)c3)cc2)cc2ccnn12. The molecule has 10 heterocycles. The number of hydrogen-bond acceptors (Lipinski definition) is 19. The van der Waals surface area contributed by atoms with Crippen molar-refractivity contribution in [3.8, 4) is 123 Å². The summed E-state index contributed by atoms with van der Waals surface area (Å²) < 4.78 is 36.6. The molecule has 0 aliphatic carbocycles. The number of hydrogen-bond donors (Lipinski definition) is 2. The maximum absolute atomic E-state index is 13.1. The molecular formula is C101H80Br4FN17O4S5. The molecule has 20 rings (SSSR count). The summed E-state index contributed by atoms with van der Waals surface area (Å²) in [5.74, 6) is 1.33. The van der Waals surface area contributed by atoms with Gasteiger partial charge in [0.2, 0.25) is 11.8 Å². The first-order valence-corrected chi connectivity index (χ1v) is 50.1. The van der Waals surface area contributed by atoms with Crippen LogP contribution in [0.2, 0.25) is 0 Å². The number of carbonyl (C=O) groups is 2. The second-order valence-electron chi connectivity index (χ2n) is 29.3. The molecule has 10 aromatic heterocycles. The second kappa shape index (κ2) is 42.8.